The van der Waals surface area contributed by atoms with Crippen LogP contribution in [-0.2, 0) is 9.53 Å². The summed E-state index contributed by atoms with van der Waals surface area (Å²) < 4.78 is 18.9. The molecule has 1 atom stereocenters. The van der Waals surface area contributed by atoms with Crippen molar-refractivity contribution in [3.8, 4) is 0 Å². The van der Waals surface area contributed by atoms with Gasteiger partial charge >= 0.3 is 0 Å². The van der Waals surface area contributed by atoms with Crippen molar-refractivity contribution >= 4 is 22.5 Å². The summed E-state index contributed by atoms with van der Waals surface area (Å²) in [5.74, 6) is -1.07. The summed E-state index contributed by atoms with van der Waals surface area (Å²) in [6, 6.07) is 2.66. The monoisotopic (exact) mass is 265 g/mol. The lowest BCUT2D eigenvalue weighted by atomic mass is 10.1. The predicted molar refractivity (Wildman–Crippen MR) is 66.4 cm³/mol. The number of halogens is 1. The Kier molecular flexibility index (Phi) is 2.83. The van der Waals surface area contributed by atoms with Crippen molar-refractivity contribution in [1.82, 2.24) is 10.2 Å². The molecule has 0 spiro atoms. The largest absolute Gasteiger partial charge is 0.381 e. The van der Waals surface area contributed by atoms with E-state index in [0.29, 0.717) is 30.8 Å². The van der Waals surface area contributed by atoms with Gasteiger partial charge in [0.15, 0.2) is 0 Å². The number of rotatable bonds is 2. The Morgan fingerprint density at radius 1 is 1.42 bits per heavy atom. The zero-order chi connectivity index (χ0) is 13.4. The summed E-state index contributed by atoms with van der Waals surface area (Å²) >= 11 is 0. The maximum absolute atomic E-state index is 13.8. The van der Waals surface area contributed by atoms with Gasteiger partial charge in [-0.2, -0.15) is 0 Å². The first-order chi connectivity index (χ1) is 9.15. The molecule has 1 aliphatic heterocycles. The van der Waals surface area contributed by atoms with Gasteiger partial charge in [0, 0.05) is 12.3 Å². The summed E-state index contributed by atoms with van der Waals surface area (Å²) in [5.41, 5.74) is 0.120. The summed E-state index contributed by atoms with van der Waals surface area (Å²) in [7, 11) is 0. The molecule has 100 valence electrons. The number of carbonyl (C=O) groups is 1. The van der Waals surface area contributed by atoms with Gasteiger partial charge in [-0.15, -0.1) is 0 Å². The first-order valence-electron chi connectivity index (χ1n) is 5.93. The number of aromatic nitrogens is 2. The van der Waals surface area contributed by atoms with E-state index in [9.17, 15) is 14.0 Å². The van der Waals surface area contributed by atoms with Crippen molar-refractivity contribution in [2.75, 3.05) is 18.5 Å². The number of anilines is 1. The van der Waals surface area contributed by atoms with Gasteiger partial charge in [0.1, 0.15) is 11.2 Å². The number of carbonyl (C=O) groups excluding carboxylic acids is 1. The Bertz CT molecular complexity index is 685. The number of aromatic amines is 2. The minimum absolute atomic E-state index is 0.0396. The Balaban J connectivity index is 1.89. The quantitative estimate of drug-likeness (QED) is 0.756. The second-order valence-corrected chi connectivity index (χ2v) is 4.51. The first kappa shape index (κ1) is 11.9. The summed E-state index contributed by atoms with van der Waals surface area (Å²) in [6.45, 7) is 0.953. The van der Waals surface area contributed by atoms with Gasteiger partial charge in [0.2, 0.25) is 5.91 Å². The number of amides is 1. The molecule has 7 heteroatoms. The predicted octanol–water partition coefficient (Wildman–Crippen LogP) is 0.970. The molecule has 0 aliphatic carbocycles. The third-order valence-corrected chi connectivity index (χ3v) is 3.20. The molecule has 1 fully saturated rings. The van der Waals surface area contributed by atoms with Gasteiger partial charge in [-0.1, -0.05) is 0 Å². The van der Waals surface area contributed by atoms with Crippen LogP contribution >= 0.6 is 0 Å². The molecule has 3 rings (SSSR count). The van der Waals surface area contributed by atoms with Crippen LogP contribution < -0.4 is 10.9 Å². The molecule has 2 aromatic rings. The highest BCUT2D eigenvalue weighted by Gasteiger charge is 2.23. The van der Waals surface area contributed by atoms with E-state index < -0.39 is 11.4 Å². The lowest BCUT2D eigenvalue weighted by molar-refractivity contribution is -0.119. The maximum Gasteiger partial charge on any atom is 0.274 e. The molecule has 6 nitrogen and oxygen atoms in total. The highest BCUT2D eigenvalue weighted by Crippen LogP contribution is 2.20. The molecule has 0 radical (unpaired) electrons. The van der Waals surface area contributed by atoms with Crippen LogP contribution in [0.1, 0.15) is 6.42 Å². The normalized spacial score (nSPS) is 18.9. The van der Waals surface area contributed by atoms with E-state index in [1.54, 1.807) is 0 Å². The highest BCUT2D eigenvalue weighted by molar-refractivity contribution is 5.95. The average Bonchev–Trinajstić information content (AvgIpc) is 2.99. The fraction of sp³-hybridized carbons (Fsp3) is 0.333. The Hall–Kier alpha value is -2.15. The zero-order valence-electron chi connectivity index (χ0n) is 9.96. The SMILES string of the molecule is O=C(Nc1cc(F)c2c(=O)[nH][nH]c2c1)C1CCOC1. The summed E-state index contributed by atoms with van der Waals surface area (Å²) in [5, 5.41) is 7.45. The third kappa shape index (κ3) is 2.12. The number of hydrogen-bond acceptors (Lipinski definition) is 3. The number of nitrogens with one attached hydrogen (secondary N) is 3. The second-order valence-electron chi connectivity index (χ2n) is 4.51. The van der Waals surface area contributed by atoms with Crippen molar-refractivity contribution in [1.29, 1.82) is 0 Å². The molecule has 1 unspecified atom stereocenters. The number of hydrogen-bond donors (Lipinski definition) is 3. The zero-order valence-corrected chi connectivity index (χ0v) is 9.96. The molecule has 1 aliphatic rings. The van der Waals surface area contributed by atoms with E-state index in [0.717, 1.165) is 6.07 Å². The maximum atomic E-state index is 13.8. The van der Waals surface area contributed by atoms with E-state index in [1.165, 1.54) is 6.07 Å². The van der Waals surface area contributed by atoms with Gasteiger partial charge in [0.05, 0.1) is 18.0 Å². The Morgan fingerprint density at radius 3 is 3.00 bits per heavy atom. The average molecular weight is 265 g/mol. The van der Waals surface area contributed by atoms with Crippen molar-refractivity contribution in [3.63, 3.8) is 0 Å². The van der Waals surface area contributed by atoms with Crippen LogP contribution in [0.25, 0.3) is 10.9 Å². The number of ether oxygens (including phenoxy) is 1. The fourth-order valence-electron chi connectivity index (χ4n) is 2.18. The van der Waals surface area contributed by atoms with Crippen LogP contribution in [0.15, 0.2) is 16.9 Å². The Morgan fingerprint density at radius 2 is 2.26 bits per heavy atom. The van der Waals surface area contributed by atoms with E-state index in [1.807, 2.05) is 0 Å². The van der Waals surface area contributed by atoms with Gasteiger partial charge in [0.25, 0.3) is 5.56 Å². The summed E-state index contributed by atoms with van der Waals surface area (Å²) in [6.07, 6.45) is 0.664. The highest BCUT2D eigenvalue weighted by atomic mass is 19.1. The molecular formula is C12H12FN3O3. The van der Waals surface area contributed by atoms with E-state index >= 15 is 0 Å². The fourth-order valence-corrected chi connectivity index (χ4v) is 2.18. The molecule has 1 aromatic heterocycles. The molecule has 2 heterocycles. The number of H-pyrrole nitrogens is 2. The van der Waals surface area contributed by atoms with Crippen LogP contribution in [0.4, 0.5) is 10.1 Å². The standard InChI is InChI=1S/C12H12FN3O3/c13-8-3-7(4-9-10(8)12(18)16-15-9)14-11(17)6-1-2-19-5-6/h3-4,6H,1-2,5H2,(H,14,17)(H2,15,16,18). The smallest absolute Gasteiger partial charge is 0.274 e. The van der Waals surface area contributed by atoms with Crippen molar-refractivity contribution < 1.29 is 13.9 Å². The topological polar surface area (TPSA) is 87.0 Å². The van der Waals surface area contributed by atoms with Crippen molar-refractivity contribution in [3.05, 3.63) is 28.3 Å². The third-order valence-electron chi connectivity index (χ3n) is 3.20. The minimum Gasteiger partial charge on any atom is -0.381 e. The molecule has 1 aromatic carbocycles. The van der Waals surface area contributed by atoms with Gasteiger partial charge in [-0.05, 0) is 18.6 Å². The number of fused-ring (bicyclic) bond motifs is 1. The molecule has 0 saturated carbocycles. The van der Waals surface area contributed by atoms with Crippen molar-refractivity contribution in [2.45, 2.75) is 6.42 Å². The molecule has 19 heavy (non-hydrogen) atoms. The Labute approximate surface area is 106 Å². The molecule has 1 saturated heterocycles. The lowest BCUT2D eigenvalue weighted by Gasteiger charge is -2.09. The molecule has 1 amide bonds. The lowest BCUT2D eigenvalue weighted by Crippen LogP contribution is -2.22. The second kappa shape index (κ2) is 4.51. The van der Waals surface area contributed by atoms with Gasteiger partial charge in [-0.25, -0.2) is 4.39 Å². The minimum atomic E-state index is -0.669. The number of benzene rings is 1. The van der Waals surface area contributed by atoms with Gasteiger partial charge < -0.3 is 10.1 Å². The van der Waals surface area contributed by atoms with E-state index in [4.69, 9.17) is 4.74 Å². The summed E-state index contributed by atoms with van der Waals surface area (Å²) in [4.78, 5) is 23.2. The van der Waals surface area contributed by atoms with Crippen LogP contribution in [0.2, 0.25) is 0 Å². The van der Waals surface area contributed by atoms with Crippen LogP contribution in [0, 0.1) is 11.7 Å². The van der Waals surface area contributed by atoms with Crippen LogP contribution in [0.5, 0.6) is 0 Å². The van der Waals surface area contributed by atoms with E-state index in [-0.39, 0.29) is 17.2 Å². The molecular weight excluding hydrogens is 253 g/mol. The van der Waals surface area contributed by atoms with E-state index in [2.05, 4.69) is 15.5 Å². The first-order valence-corrected chi connectivity index (χ1v) is 5.93. The van der Waals surface area contributed by atoms with Crippen LogP contribution in [-0.4, -0.2) is 29.3 Å². The van der Waals surface area contributed by atoms with Crippen molar-refractivity contribution in [2.24, 2.45) is 5.92 Å². The van der Waals surface area contributed by atoms with Crippen LogP contribution in [0.3, 0.4) is 0 Å². The van der Waals surface area contributed by atoms with Gasteiger partial charge in [-0.3, -0.25) is 19.8 Å². The molecule has 3 N–H and O–H groups in total. The molecule has 0 bridgehead atoms.